The van der Waals surface area contributed by atoms with Crippen molar-refractivity contribution in [3.63, 3.8) is 0 Å². The van der Waals surface area contributed by atoms with Crippen LogP contribution in [0.15, 0.2) is 53.3 Å². The Morgan fingerprint density at radius 2 is 1.81 bits per heavy atom. The second kappa shape index (κ2) is 8.15. The van der Waals surface area contributed by atoms with Crippen LogP contribution in [-0.2, 0) is 11.3 Å². The summed E-state index contributed by atoms with van der Waals surface area (Å²) in [6.07, 6.45) is 0. The standard InChI is InChI=1S/C20H17N3O4/c1-2-23-19(24)17-6-4-3-5-16(17)18(22-23)20(25)27-12-11-26-15-9-7-14(13-21)8-10-15/h3-10H,2,11-12H2,1H3. The lowest BCUT2D eigenvalue weighted by molar-refractivity contribution is 0.0443. The molecule has 7 nitrogen and oxygen atoms in total. The Bertz CT molecular complexity index is 1070. The molecule has 0 aliphatic rings. The summed E-state index contributed by atoms with van der Waals surface area (Å²) in [6, 6.07) is 15.5. The van der Waals surface area contributed by atoms with E-state index in [-0.39, 0.29) is 24.5 Å². The minimum Gasteiger partial charge on any atom is -0.490 e. The van der Waals surface area contributed by atoms with Gasteiger partial charge >= 0.3 is 5.97 Å². The van der Waals surface area contributed by atoms with E-state index in [1.165, 1.54) is 4.68 Å². The molecule has 27 heavy (non-hydrogen) atoms. The summed E-state index contributed by atoms with van der Waals surface area (Å²) in [5, 5.41) is 13.8. The molecule has 1 aromatic heterocycles. The van der Waals surface area contributed by atoms with E-state index in [1.54, 1.807) is 55.5 Å². The van der Waals surface area contributed by atoms with Crippen LogP contribution in [0.25, 0.3) is 10.8 Å². The smallest absolute Gasteiger partial charge is 0.359 e. The van der Waals surface area contributed by atoms with Crippen molar-refractivity contribution in [2.24, 2.45) is 0 Å². The molecule has 0 unspecified atom stereocenters. The average molecular weight is 363 g/mol. The maximum Gasteiger partial charge on any atom is 0.359 e. The van der Waals surface area contributed by atoms with Crippen molar-refractivity contribution in [2.75, 3.05) is 13.2 Å². The van der Waals surface area contributed by atoms with Crippen molar-refractivity contribution < 1.29 is 14.3 Å². The second-order valence-corrected chi connectivity index (χ2v) is 5.64. The molecule has 0 fully saturated rings. The average Bonchev–Trinajstić information content (AvgIpc) is 2.72. The molecule has 3 aromatic rings. The quantitative estimate of drug-likeness (QED) is 0.493. The Labute approximate surface area is 155 Å². The number of fused-ring (bicyclic) bond motifs is 1. The molecule has 0 bridgehead atoms. The second-order valence-electron chi connectivity index (χ2n) is 5.64. The van der Waals surface area contributed by atoms with Crippen LogP contribution in [0, 0.1) is 11.3 Å². The molecule has 0 N–H and O–H groups in total. The summed E-state index contributed by atoms with van der Waals surface area (Å²) >= 11 is 0. The summed E-state index contributed by atoms with van der Waals surface area (Å²) in [6.45, 7) is 2.32. The molecule has 0 saturated heterocycles. The van der Waals surface area contributed by atoms with Crippen molar-refractivity contribution in [2.45, 2.75) is 13.5 Å². The number of nitriles is 1. The van der Waals surface area contributed by atoms with E-state index in [0.717, 1.165) is 0 Å². The number of aryl methyl sites for hydroxylation is 1. The van der Waals surface area contributed by atoms with Gasteiger partial charge in [-0.15, -0.1) is 0 Å². The molecule has 136 valence electrons. The predicted octanol–water partition coefficient (Wildman–Crippen LogP) is 2.52. The fourth-order valence-corrected chi connectivity index (χ4v) is 2.59. The molecule has 0 saturated carbocycles. The van der Waals surface area contributed by atoms with Crippen molar-refractivity contribution in [1.82, 2.24) is 9.78 Å². The number of carbonyl (C=O) groups excluding carboxylic acids is 1. The van der Waals surface area contributed by atoms with Gasteiger partial charge in [0.05, 0.1) is 17.0 Å². The van der Waals surface area contributed by atoms with E-state index in [0.29, 0.717) is 28.6 Å². The lowest BCUT2D eigenvalue weighted by atomic mass is 10.1. The highest BCUT2D eigenvalue weighted by Crippen LogP contribution is 2.15. The van der Waals surface area contributed by atoms with Crippen molar-refractivity contribution >= 4 is 16.7 Å². The number of hydrogen-bond donors (Lipinski definition) is 0. The highest BCUT2D eigenvalue weighted by atomic mass is 16.6. The van der Waals surface area contributed by atoms with Crippen LogP contribution in [-0.4, -0.2) is 29.0 Å². The first kappa shape index (κ1) is 18.1. The fraction of sp³-hybridized carbons (Fsp3) is 0.200. The first-order chi connectivity index (χ1) is 13.1. The topological polar surface area (TPSA) is 94.2 Å². The van der Waals surface area contributed by atoms with E-state index >= 15 is 0 Å². The zero-order chi connectivity index (χ0) is 19.2. The van der Waals surface area contributed by atoms with Crippen LogP contribution >= 0.6 is 0 Å². The summed E-state index contributed by atoms with van der Waals surface area (Å²) in [4.78, 5) is 24.7. The van der Waals surface area contributed by atoms with Crippen molar-refractivity contribution in [1.29, 1.82) is 5.26 Å². The minimum atomic E-state index is -0.614. The normalized spacial score (nSPS) is 10.4. The van der Waals surface area contributed by atoms with Crippen LogP contribution in [0.1, 0.15) is 23.0 Å². The number of ether oxygens (including phenoxy) is 2. The third kappa shape index (κ3) is 3.96. The van der Waals surface area contributed by atoms with Crippen LogP contribution in [0.5, 0.6) is 5.75 Å². The monoisotopic (exact) mass is 363 g/mol. The van der Waals surface area contributed by atoms with Gasteiger partial charge in [-0.2, -0.15) is 10.4 Å². The number of benzene rings is 2. The molecule has 0 radical (unpaired) electrons. The molecule has 7 heteroatoms. The van der Waals surface area contributed by atoms with Gasteiger partial charge in [0.15, 0.2) is 5.69 Å². The predicted molar refractivity (Wildman–Crippen MR) is 98.6 cm³/mol. The molecule has 3 rings (SSSR count). The van der Waals surface area contributed by atoms with Gasteiger partial charge in [-0.1, -0.05) is 18.2 Å². The Balaban J connectivity index is 1.68. The maximum atomic E-state index is 12.4. The van der Waals surface area contributed by atoms with Gasteiger partial charge in [-0.3, -0.25) is 4.79 Å². The van der Waals surface area contributed by atoms with Gasteiger partial charge in [-0.05, 0) is 37.3 Å². The summed E-state index contributed by atoms with van der Waals surface area (Å²) in [5.41, 5.74) is 0.400. The van der Waals surface area contributed by atoms with Crippen LogP contribution < -0.4 is 10.3 Å². The van der Waals surface area contributed by atoms with Gasteiger partial charge in [0, 0.05) is 11.9 Å². The molecular weight excluding hydrogens is 346 g/mol. The first-order valence-electron chi connectivity index (χ1n) is 8.44. The lowest BCUT2D eigenvalue weighted by Gasteiger charge is -2.10. The van der Waals surface area contributed by atoms with Crippen LogP contribution in [0.4, 0.5) is 0 Å². The molecule has 0 spiro atoms. The Morgan fingerprint density at radius 1 is 1.11 bits per heavy atom. The Hall–Kier alpha value is -3.66. The zero-order valence-corrected chi connectivity index (χ0v) is 14.7. The third-order valence-corrected chi connectivity index (χ3v) is 3.93. The molecular formula is C20H17N3O4. The molecule has 0 aliphatic carbocycles. The number of aromatic nitrogens is 2. The lowest BCUT2D eigenvalue weighted by Crippen LogP contribution is -2.26. The molecule has 1 heterocycles. The van der Waals surface area contributed by atoms with Crippen LogP contribution in [0.3, 0.4) is 0 Å². The highest BCUT2D eigenvalue weighted by molar-refractivity contribution is 6.02. The maximum absolute atomic E-state index is 12.4. The molecule has 0 amide bonds. The van der Waals surface area contributed by atoms with Gasteiger partial charge in [0.1, 0.15) is 19.0 Å². The van der Waals surface area contributed by atoms with Gasteiger partial charge in [-0.25, -0.2) is 9.48 Å². The highest BCUT2D eigenvalue weighted by Gasteiger charge is 2.17. The number of esters is 1. The largest absolute Gasteiger partial charge is 0.490 e. The Morgan fingerprint density at radius 3 is 2.48 bits per heavy atom. The first-order valence-corrected chi connectivity index (χ1v) is 8.44. The van der Waals surface area contributed by atoms with Crippen molar-refractivity contribution in [3.05, 3.63) is 70.1 Å². The van der Waals surface area contributed by atoms with Gasteiger partial charge < -0.3 is 9.47 Å². The number of carbonyl (C=O) groups is 1. The minimum absolute atomic E-state index is 0.0279. The number of hydrogen-bond acceptors (Lipinski definition) is 6. The van der Waals surface area contributed by atoms with Crippen molar-refractivity contribution in [3.8, 4) is 11.8 Å². The Kier molecular flexibility index (Phi) is 5.47. The SMILES string of the molecule is CCn1nc(C(=O)OCCOc2ccc(C#N)cc2)c2ccccc2c1=O. The molecule has 2 aromatic carbocycles. The summed E-state index contributed by atoms with van der Waals surface area (Å²) < 4.78 is 12.0. The van der Waals surface area contributed by atoms with E-state index < -0.39 is 5.97 Å². The fourth-order valence-electron chi connectivity index (χ4n) is 2.59. The summed E-state index contributed by atoms with van der Waals surface area (Å²) in [7, 11) is 0. The van der Waals surface area contributed by atoms with Gasteiger partial charge in [0.2, 0.25) is 0 Å². The van der Waals surface area contributed by atoms with Gasteiger partial charge in [0.25, 0.3) is 5.56 Å². The summed E-state index contributed by atoms with van der Waals surface area (Å²) in [5.74, 6) is -0.0371. The zero-order valence-electron chi connectivity index (χ0n) is 14.7. The van der Waals surface area contributed by atoms with E-state index in [4.69, 9.17) is 14.7 Å². The van der Waals surface area contributed by atoms with E-state index in [2.05, 4.69) is 5.10 Å². The molecule has 0 atom stereocenters. The molecule has 0 aliphatic heterocycles. The van der Waals surface area contributed by atoms with Crippen LogP contribution in [0.2, 0.25) is 0 Å². The van der Waals surface area contributed by atoms with E-state index in [9.17, 15) is 9.59 Å². The number of nitrogens with zero attached hydrogens (tertiary/aromatic N) is 3. The third-order valence-electron chi connectivity index (χ3n) is 3.93. The van der Waals surface area contributed by atoms with E-state index in [1.807, 2.05) is 6.07 Å². The number of rotatable bonds is 6.